The first-order chi connectivity index (χ1) is 12.1. The van der Waals surface area contributed by atoms with Crippen LogP contribution in [0.3, 0.4) is 0 Å². The molecule has 4 rings (SSSR count). The number of fused-ring (bicyclic) bond motifs is 3. The molecule has 140 valence electrons. The fraction of sp³-hybridized carbons (Fsp3) is 0.636. The zero-order valence-corrected chi connectivity index (χ0v) is 16.4. The van der Waals surface area contributed by atoms with Crippen molar-refractivity contribution in [1.29, 1.82) is 0 Å². The number of rotatable bonds is 1. The van der Waals surface area contributed by atoms with E-state index in [0.29, 0.717) is 11.5 Å². The number of carbonyl (C=O) groups excluding carboxylic acids is 2. The molecular formula is C22H28O4. The summed E-state index contributed by atoms with van der Waals surface area (Å²) in [5, 5.41) is 0. The molecule has 0 aromatic heterocycles. The average molecular weight is 356 g/mol. The van der Waals surface area contributed by atoms with Crippen LogP contribution < -0.4 is 0 Å². The quantitative estimate of drug-likeness (QED) is 0.659. The summed E-state index contributed by atoms with van der Waals surface area (Å²) in [6, 6.07) is 0. The first-order valence-corrected chi connectivity index (χ1v) is 9.63. The summed E-state index contributed by atoms with van der Waals surface area (Å²) in [6.07, 6.45) is 8.70. The van der Waals surface area contributed by atoms with Gasteiger partial charge in [0, 0.05) is 6.08 Å². The molecule has 1 aliphatic heterocycles. The Labute approximate surface area is 155 Å². The highest BCUT2D eigenvalue weighted by atomic mass is 16.5. The first kappa shape index (κ1) is 17.6. The van der Waals surface area contributed by atoms with Crippen LogP contribution in [-0.2, 0) is 19.1 Å². The summed E-state index contributed by atoms with van der Waals surface area (Å²) >= 11 is 0. The van der Waals surface area contributed by atoms with Gasteiger partial charge in [0.2, 0.25) is 11.6 Å². The Morgan fingerprint density at radius 2 is 1.81 bits per heavy atom. The minimum atomic E-state index is -0.508. The summed E-state index contributed by atoms with van der Waals surface area (Å²) in [7, 11) is 1.42. The molecule has 2 saturated carbocycles. The molecule has 0 amide bonds. The van der Waals surface area contributed by atoms with Gasteiger partial charge in [-0.3, -0.25) is 9.59 Å². The van der Waals surface area contributed by atoms with Gasteiger partial charge in [0.25, 0.3) is 0 Å². The second kappa shape index (κ2) is 5.34. The molecule has 4 heteroatoms. The molecule has 4 aliphatic rings. The fourth-order valence-electron chi connectivity index (χ4n) is 6.11. The van der Waals surface area contributed by atoms with Crippen LogP contribution in [0.25, 0.3) is 0 Å². The highest BCUT2D eigenvalue weighted by Gasteiger charge is 2.58. The van der Waals surface area contributed by atoms with E-state index in [-0.39, 0.29) is 33.9 Å². The van der Waals surface area contributed by atoms with Gasteiger partial charge in [0.05, 0.1) is 12.7 Å². The van der Waals surface area contributed by atoms with E-state index >= 15 is 0 Å². The molecule has 1 heterocycles. The van der Waals surface area contributed by atoms with Crippen molar-refractivity contribution < 1.29 is 19.1 Å². The zero-order chi connectivity index (χ0) is 18.9. The molecule has 0 bridgehead atoms. The van der Waals surface area contributed by atoms with Crippen molar-refractivity contribution in [2.75, 3.05) is 7.11 Å². The molecule has 0 N–H and O–H groups in total. The maximum absolute atomic E-state index is 12.8. The average Bonchev–Trinajstić information content (AvgIpc) is 2.56. The van der Waals surface area contributed by atoms with E-state index in [1.807, 2.05) is 6.08 Å². The second-order valence-corrected chi connectivity index (χ2v) is 9.39. The normalized spacial score (nSPS) is 38.4. The number of hydrogen-bond donors (Lipinski definition) is 0. The van der Waals surface area contributed by atoms with Crippen LogP contribution >= 0.6 is 0 Å². The van der Waals surface area contributed by atoms with Crippen LogP contribution in [0.4, 0.5) is 0 Å². The van der Waals surface area contributed by atoms with Crippen molar-refractivity contribution in [3.63, 3.8) is 0 Å². The van der Waals surface area contributed by atoms with Crippen LogP contribution in [0.2, 0.25) is 0 Å². The minimum Gasteiger partial charge on any atom is -0.492 e. The van der Waals surface area contributed by atoms with Gasteiger partial charge in [-0.05, 0) is 61.0 Å². The number of Topliss-reactive ketones (excluding diaryl/α,β-unsaturated/α-hetero) is 1. The maximum Gasteiger partial charge on any atom is 0.231 e. The van der Waals surface area contributed by atoms with Gasteiger partial charge in [0.15, 0.2) is 11.5 Å². The summed E-state index contributed by atoms with van der Waals surface area (Å²) < 4.78 is 11.4. The SMILES string of the molecule is COC1=CC(=O)C2=C(C=C3[C@](C)(CC[C@H]4C(C)(C)CCC[C@]34C)O2)C1=O. The molecule has 0 unspecified atom stereocenters. The van der Waals surface area contributed by atoms with E-state index in [9.17, 15) is 9.59 Å². The van der Waals surface area contributed by atoms with Gasteiger partial charge in [-0.2, -0.15) is 0 Å². The smallest absolute Gasteiger partial charge is 0.231 e. The molecule has 0 radical (unpaired) electrons. The Kier molecular flexibility index (Phi) is 3.61. The fourth-order valence-corrected chi connectivity index (χ4v) is 6.11. The van der Waals surface area contributed by atoms with Gasteiger partial charge in [-0.25, -0.2) is 0 Å². The van der Waals surface area contributed by atoms with Crippen molar-refractivity contribution in [2.24, 2.45) is 16.7 Å². The van der Waals surface area contributed by atoms with Crippen LogP contribution in [-0.4, -0.2) is 24.3 Å². The van der Waals surface area contributed by atoms with Crippen molar-refractivity contribution in [1.82, 2.24) is 0 Å². The molecule has 0 saturated heterocycles. The number of ether oxygens (including phenoxy) is 2. The highest BCUT2D eigenvalue weighted by Crippen LogP contribution is 2.63. The Morgan fingerprint density at radius 3 is 2.50 bits per heavy atom. The van der Waals surface area contributed by atoms with Crippen molar-refractivity contribution >= 4 is 11.6 Å². The summed E-state index contributed by atoms with van der Waals surface area (Å²) in [4.78, 5) is 25.3. The monoisotopic (exact) mass is 356 g/mol. The third-order valence-electron chi connectivity index (χ3n) is 7.36. The number of methoxy groups -OCH3 is 1. The van der Waals surface area contributed by atoms with E-state index in [1.54, 1.807) is 0 Å². The van der Waals surface area contributed by atoms with E-state index in [4.69, 9.17) is 9.47 Å². The summed E-state index contributed by atoms with van der Waals surface area (Å²) in [6.45, 7) is 9.15. The van der Waals surface area contributed by atoms with Gasteiger partial charge in [-0.1, -0.05) is 27.2 Å². The van der Waals surface area contributed by atoms with Crippen LogP contribution in [0, 0.1) is 16.7 Å². The van der Waals surface area contributed by atoms with Crippen molar-refractivity contribution in [3.05, 3.63) is 34.8 Å². The highest BCUT2D eigenvalue weighted by molar-refractivity contribution is 6.22. The van der Waals surface area contributed by atoms with Gasteiger partial charge in [0.1, 0.15) is 5.60 Å². The molecule has 3 aliphatic carbocycles. The molecular weight excluding hydrogens is 328 g/mol. The van der Waals surface area contributed by atoms with Gasteiger partial charge >= 0.3 is 0 Å². The van der Waals surface area contributed by atoms with Crippen LogP contribution in [0.5, 0.6) is 0 Å². The lowest BCUT2D eigenvalue weighted by Crippen LogP contribution is -2.55. The Balaban J connectivity index is 1.85. The zero-order valence-electron chi connectivity index (χ0n) is 16.4. The van der Waals surface area contributed by atoms with Crippen molar-refractivity contribution in [2.45, 2.75) is 65.4 Å². The molecule has 0 aromatic rings. The van der Waals surface area contributed by atoms with Crippen molar-refractivity contribution in [3.8, 4) is 0 Å². The van der Waals surface area contributed by atoms with E-state index in [1.165, 1.54) is 31.6 Å². The molecule has 26 heavy (non-hydrogen) atoms. The van der Waals surface area contributed by atoms with Crippen LogP contribution in [0.15, 0.2) is 34.8 Å². The number of allylic oxidation sites excluding steroid dienone is 3. The molecule has 0 aromatic carbocycles. The van der Waals surface area contributed by atoms with Crippen LogP contribution in [0.1, 0.15) is 59.8 Å². The number of ketones is 2. The Hall–Kier alpha value is -1.84. The molecule has 4 nitrogen and oxygen atoms in total. The first-order valence-electron chi connectivity index (χ1n) is 9.63. The summed E-state index contributed by atoms with van der Waals surface area (Å²) in [5.74, 6) is 0.320. The van der Waals surface area contributed by atoms with E-state index in [2.05, 4.69) is 27.7 Å². The second-order valence-electron chi connectivity index (χ2n) is 9.39. The lowest BCUT2D eigenvalue weighted by Gasteiger charge is -2.60. The maximum atomic E-state index is 12.8. The molecule has 3 atom stereocenters. The lowest BCUT2D eigenvalue weighted by molar-refractivity contribution is -0.125. The minimum absolute atomic E-state index is 0.00892. The lowest BCUT2D eigenvalue weighted by atomic mass is 9.47. The predicted octanol–water partition coefficient (Wildman–Crippen LogP) is 4.26. The third kappa shape index (κ3) is 2.20. The molecule has 0 spiro atoms. The third-order valence-corrected chi connectivity index (χ3v) is 7.36. The Morgan fingerprint density at radius 1 is 1.08 bits per heavy atom. The topological polar surface area (TPSA) is 52.6 Å². The summed E-state index contributed by atoms with van der Waals surface area (Å²) in [5.41, 5.74) is 1.31. The predicted molar refractivity (Wildman–Crippen MR) is 98.2 cm³/mol. The van der Waals surface area contributed by atoms with Gasteiger partial charge in [-0.15, -0.1) is 0 Å². The molecule has 2 fully saturated rings. The van der Waals surface area contributed by atoms with E-state index in [0.717, 1.165) is 19.3 Å². The van der Waals surface area contributed by atoms with Gasteiger partial charge < -0.3 is 9.47 Å². The number of hydrogen-bond acceptors (Lipinski definition) is 4. The number of carbonyl (C=O) groups is 2. The standard InChI is InChI=1S/C22H28O4/c1-20(2)8-6-9-21(3)16(20)7-10-22(4)17(21)11-13-18(24)15(25-5)12-14(23)19(13)26-22/h11-12,16H,6-10H2,1-5H3/t16-,21-,22-/m0/s1. The Bertz CT molecular complexity index is 797. The van der Waals surface area contributed by atoms with E-state index < -0.39 is 5.60 Å². The largest absolute Gasteiger partial charge is 0.492 e.